The summed E-state index contributed by atoms with van der Waals surface area (Å²) in [7, 11) is 4.08. The Morgan fingerprint density at radius 1 is 1.15 bits per heavy atom. The average Bonchev–Trinajstić information content (AvgIpc) is 3.40. The van der Waals surface area contributed by atoms with Gasteiger partial charge in [-0.1, -0.05) is 36.0 Å². The van der Waals surface area contributed by atoms with Crippen LogP contribution in [0.15, 0.2) is 29.4 Å². The monoisotopic (exact) mass is 485 g/mol. The quantitative estimate of drug-likeness (QED) is 0.276. The number of aliphatic hydroxyl groups is 3. The highest BCUT2D eigenvalue weighted by Crippen LogP contribution is 2.44. The number of nitrogens with zero attached hydrogens (tertiary/aromatic N) is 6. The van der Waals surface area contributed by atoms with Gasteiger partial charge < -0.3 is 25.5 Å². The smallest absolute Gasteiger partial charge is 0.191 e. The number of anilines is 2. The molecule has 2 aliphatic rings. The van der Waals surface area contributed by atoms with E-state index < -0.39 is 24.4 Å². The maximum atomic E-state index is 10.5. The second-order valence-corrected chi connectivity index (χ2v) is 10.4. The zero-order valence-corrected chi connectivity index (χ0v) is 20.4. The highest BCUT2D eigenvalue weighted by atomic mass is 32.2. The molecule has 11 heteroatoms. The van der Waals surface area contributed by atoms with Crippen molar-refractivity contribution in [1.29, 1.82) is 0 Å². The molecule has 182 valence electrons. The lowest BCUT2D eigenvalue weighted by atomic mass is 10.1. The molecular weight excluding hydrogens is 454 g/mol. The van der Waals surface area contributed by atoms with Crippen LogP contribution in [-0.4, -0.2) is 84.5 Å². The molecule has 0 bridgehead atoms. The zero-order chi connectivity index (χ0) is 24.0. The van der Waals surface area contributed by atoms with Crippen molar-refractivity contribution in [1.82, 2.24) is 25.0 Å². The van der Waals surface area contributed by atoms with Gasteiger partial charge in [-0.2, -0.15) is 0 Å². The van der Waals surface area contributed by atoms with E-state index in [1.807, 2.05) is 14.1 Å². The van der Waals surface area contributed by atoms with Crippen molar-refractivity contribution in [2.24, 2.45) is 0 Å². The highest BCUT2D eigenvalue weighted by Gasteiger charge is 2.44. The van der Waals surface area contributed by atoms with Gasteiger partial charge in [-0.05, 0) is 30.5 Å². The third-order valence-corrected chi connectivity index (χ3v) is 7.65. The SMILES string of the molecule is CCCSc1nc(NC2CC2c2cccc(N(C)C)c2)c2nnn(C3CC(O)C(O)C3O)c2n1. The van der Waals surface area contributed by atoms with Crippen LogP contribution in [0.2, 0.25) is 0 Å². The Labute approximate surface area is 202 Å². The summed E-state index contributed by atoms with van der Waals surface area (Å²) < 4.78 is 1.52. The third kappa shape index (κ3) is 4.33. The molecule has 2 fully saturated rings. The van der Waals surface area contributed by atoms with Crippen LogP contribution in [0.5, 0.6) is 0 Å². The number of thioether (sulfide) groups is 1. The lowest BCUT2D eigenvalue weighted by Crippen LogP contribution is -2.31. The molecule has 6 atom stereocenters. The van der Waals surface area contributed by atoms with Crippen LogP contribution in [0.25, 0.3) is 11.2 Å². The van der Waals surface area contributed by atoms with E-state index in [-0.39, 0.29) is 12.5 Å². The number of hydrogen-bond donors (Lipinski definition) is 4. The van der Waals surface area contributed by atoms with Crippen LogP contribution in [0.1, 0.15) is 43.7 Å². The summed E-state index contributed by atoms with van der Waals surface area (Å²) in [6.45, 7) is 2.10. The molecule has 6 unspecified atom stereocenters. The number of hydrogen-bond acceptors (Lipinski definition) is 10. The van der Waals surface area contributed by atoms with Crippen molar-refractivity contribution in [3.05, 3.63) is 29.8 Å². The third-order valence-electron chi connectivity index (χ3n) is 6.60. The molecule has 2 saturated carbocycles. The number of aromatic nitrogens is 5. The summed E-state index contributed by atoms with van der Waals surface area (Å²) in [5.41, 5.74) is 3.48. The Kier molecular flexibility index (Phi) is 6.36. The van der Waals surface area contributed by atoms with Gasteiger partial charge in [-0.15, -0.1) is 5.10 Å². The fourth-order valence-corrected chi connectivity index (χ4v) is 5.24. The lowest BCUT2D eigenvalue weighted by Gasteiger charge is -2.16. The summed E-state index contributed by atoms with van der Waals surface area (Å²) in [6.07, 6.45) is -1.22. The van der Waals surface area contributed by atoms with Crippen LogP contribution < -0.4 is 10.2 Å². The zero-order valence-electron chi connectivity index (χ0n) is 19.5. The van der Waals surface area contributed by atoms with Crippen LogP contribution in [0.3, 0.4) is 0 Å². The minimum Gasteiger partial charge on any atom is -0.390 e. The fourth-order valence-electron chi connectivity index (χ4n) is 4.55. The number of nitrogens with one attached hydrogen (secondary N) is 1. The molecule has 0 radical (unpaired) electrons. The molecule has 0 saturated heterocycles. The minimum absolute atomic E-state index is 0.178. The predicted molar refractivity (Wildman–Crippen MR) is 131 cm³/mol. The van der Waals surface area contributed by atoms with Crippen LogP contribution >= 0.6 is 11.8 Å². The Morgan fingerprint density at radius 2 is 1.97 bits per heavy atom. The Hall–Kier alpha value is -2.47. The number of fused-ring (bicyclic) bond motifs is 1. The Morgan fingerprint density at radius 3 is 2.68 bits per heavy atom. The number of rotatable bonds is 8. The van der Waals surface area contributed by atoms with Crippen molar-refractivity contribution in [3.63, 3.8) is 0 Å². The molecule has 34 heavy (non-hydrogen) atoms. The molecule has 0 spiro atoms. The summed E-state index contributed by atoms with van der Waals surface area (Å²) >= 11 is 1.56. The number of benzene rings is 1. The normalized spacial score (nSPS) is 28.4. The van der Waals surface area contributed by atoms with Crippen LogP contribution in [0.4, 0.5) is 11.5 Å². The van der Waals surface area contributed by atoms with E-state index in [0.717, 1.165) is 18.6 Å². The van der Waals surface area contributed by atoms with E-state index in [1.54, 1.807) is 11.8 Å². The first-order valence-corrected chi connectivity index (χ1v) is 12.7. The molecule has 0 amide bonds. The molecule has 3 aromatic rings. The van der Waals surface area contributed by atoms with E-state index in [1.165, 1.54) is 15.9 Å². The summed E-state index contributed by atoms with van der Waals surface area (Å²) in [5.74, 6) is 1.88. The van der Waals surface area contributed by atoms with Crippen molar-refractivity contribution in [3.8, 4) is 0 Å². The first-order valence-electron chi connectivity index (χ1n) is 11.7. The van der Waals surface area contributed by atoms with Gasteiger partial charge in [-0.3, -0.25) is 0 Å². The summed E-state index contributed by atoms with van der Waals surface area (Å²) in [5, 5.41) is 43.2. The largest absolute Gasteiger partial charge is 0.390 e. The van der Waals surface area contributed by atoms with E-state index in [0.29, 0.717) is 28.1 Å². The van der Waals surface area contributed by atoms with Gasteiger partial charge in [0, 0.05) is 43.9 Å². The van der Waals surface area contributed by atoms with Gasteiger partial charge in [0.15, 0.2) is 22.1 Å². The molecule has 2 heterocycles. The highest BCUT2D eigenvalue weighted by molar-refractivity contribution is 7.99. The minimum atomic E-state index is -1.22. The molecule has 5 rings (SSSR count). The van der Waals surface area contributed by atoms with Crippen LogP contribution in [-0.2, 0) is 0 Å². The van der Waals surface area contributed by atoms with E-state index >= 15 is 0 Å². The molecule has 2 aliphatic carbocycles. The van der Waals surface area contributed by atoms with Crippen LogP contribution in [0, 0.1) is 0 Å². The molecule has 2 aromatic heterocycles. The van der Waals surface area contributed by atoms with Crippen molar-refractivity contribution in [2.75, 3.05) is 30.1 Å². The maximum absolute atomic E-state index is 10.5. The summed E-state index contributed by atoms with van der Waals surface area (Å²) in [6, 6.07) is 8.19. The van der Waals surface area contributed by atoms with Gasteiger partial charge in [0.25, 0.3) is 0 Å². The maximum Gasteiger partial charge on any atom is 0.191 e. The van der Waals surface area contributed by atoms with Gasteiger partial charge >= 0.3 is 0 Å². The van der Waals surface area contributed by atoms with Gasteiger partial charge in [0.2, 0.25) is 0 Å². The van der Waals surface area contributed by atoms with Crippen molar-refractivity contribution < 1.29 is 15.3 Å². The predicted octanol–water partition coefficient (Wildman–Crippen LogP) is 1.78. The Balaban J connectivity index is 1.44. The molecule has 10 nitrogen and oxygen atoms in total. The molecule has 1 aromatic carbocycles. The van der Waals surface area contributed by atoms with Crippen molar-refractivity contribution >= 4 is 34.4 Å². The standard InChI is InChI=1S/C23H31N7O3S/c1-4-8-34-23-25-21(24-15-10-14(15)12-6-5-7-13(9-12)29(2)3)18-22(26-23)30(28-27-18)16-11-17(31)20(33)19(16)32/h5-7,9,14-17,19-20,31-33H,4,8,10-11H2,1-3H3,(H,24,25,26). The fraction of sp³-hybridized carbons (Fsp3) is 0.565. The second-order valence-electron chi connectivity index (χ2n) is 9.34. The van der Waals surface area contributed by atoms with Crippen molar-refractivity contribution in [2.45, 2.75) is 67.7 Å². The average molecular weight is 486 g/mol. The van der Waals surface area contributed by atoms with Gasteiger partial charge in [0.05, 0.1) is 12.1 Å². The van der Waals surface area contributed by atoms with E-state index in [9.17, 15) is 15.3 Å². The van der Waals surface area contributed by atoms with Gasteiger partial charge in [0.1, 0.15) is 12.2 Å². The first kappa shape index (κ1) is 23.3. The molecule has 4 N–H and O–H groups in total. The van der Waals surface area contributed by atoms with E-state index in [4.69, 9.17) is 4.98 Å². The van der Waals surface area contributed by atoms with Gasteiger partial charge in [-0.25, -0.2) is 14.6 Å². The second kappa shape index (κ2) is 9.29. The lowest BCUT2D eigenvalue weighted by molar-refractivity contribution is -0.0253. The first-order chi connectivity index (χ1) is 16.4. The molecule has 0 aliphatic heterocycles. The molecular formula is C23H31N7O3S. The topological polar surface area (TPSA) is 132 Å². The Bertz CT molecular complexity index is 1170. The van der Waals surface area contributed by atoms with E-state index in [2.05, 4.69) is 56.7 Å². The summed E-state index contributed by atoms with van der Waals surface area (Å²) in [4.78, 5) is 11.5. The number of aliphatic hydroxyl groups excluding tert-OH is 3.